The highest BCUT2D eigenvalue weighted by atomic mass is 35.5. The van der Waals surface area contributed by atoms with Crippen molar-refractivity contribution in [2.45, 2.75) is 6.42 Å². The largest absolute Gasteiger partial charge is 0.294 e. The number of benzene rings is 2. The van der Waals surface area contributed by atoms with Gasteiger partial charge < -0.3 is 0 Å². The third-order valence-electron chi connectivity index (χ3n) is 2.57. The van der Waals surface area contributed by atoms with E-state index in [2.05, 4.69) is 0 Å². The Bertz CT molecular complexity index is 559. The van der Waals surface area contributed by atoms with Crippen LogP contribution in [0.3, 0.4) is 0 Å². The molecule has 18 heavy (non-hydrogen) atoms. The molecule has 0 unspecified atom stereocenters. The number of hydrogen-bond acceptors (Lipinski definition) is 1. The van der Waals surface area contributed by atoms with Crippen LogP contribution in [0.15, 0.2) is 42.5 Å². The van der Waals surface area contributed by atoms with Crippen LogP contribution in [0.2, 0.25) is 5.02 Å². The van der Waals surface area contributed by atoms with Gasteiger partial charge in [-0.05, 0) is 36.4 Å². The van der Waals surface area contributed by atoms with Crippen molar-refractivity contribution in [3.8, 4) is 0 Å². The lowest BCUT2D eigenvalue weighted by Crippen LogP contribution is -2.07. The van der Waals surface area contributed by atoms with Crippen LogP contribution in [-0.4, -0.2) is 5.78 Å². The van der Waals surface area contributed by atoms with E-state index in [0.29, 0.717) is 10.6 Å². The monoisotopic (exact) mass is 266 g/mol. The zero-order valence-electron chi connectivity index (χ0n) is 9.29. The summed E-state index contributed by atoms with van der Waals surface area (Å²) in [6.07, 6.45) is -0.305. The molecule has 0 radical (unpaired) electrons. The minimum atomic E-state index is -0.711. The molecule has 0 fully saturated rings. The summed E-state index contributed by atoms with van der Waals surface area (Å²) in [4.78, 5) is 11.9. The van der Waals surface area contributed by atoms with Crippen LogP contribution in [-0.2, 0) is 6.42 Å². The maximum Gasteiger partial charge on any atom is 0.167 e. The molecule has 0 spiro atoms. The highest BCUT2D eigenvalue weighted by molar-refractivity contribution is 6.30. The molecule has 0 saturated heterocycles. The number of hydrogen-bond donors (Lipinski definition) is 0. The van der Waals surface area contributed by atoms with Crippen molar-refractivity contribution >= 4 is 17.4 Å². The fourth-order valence-corrected chi connectivity index (χ4v) is 1.73. The van der Waals surface area contributed by atoms with Crippen molar-refractivity contribution < 1.29 is 13.6 Å². The molecule has 0 bridgehead atoms. The Balaban J connectivity index is 2.24. The summed E-state index contributed by atoms with van der Waals surface area (Å²) in [5.41, 5.74) is 0.166. The lowest BCUT2D eigenvalue weighted by molar-refractivity contribution is 0.0990. The lowest BCUT2D eigenvalue weighted by atomic mass is 10.0. The molecule has 0 atom stereocenters. The second kappa shape index (κ2) is 5.27. The second-order valence-corrected chi connectivity index (χ2v) is 4.24. The van der Waals surface area contributed by atoms with Crippen molar-refractivity contribution in [2.24, 2.45) is 0 Å². The average Bonchev–Trinajstić information content (AvgIpc) is 2.34. The van der Waals surface area contributed by atoms with Crippen LogP contribution in [0.25, 0.3) is 0 Å². The molecule has 0 aliphatic carbocycles. The van der Waals surface area contributed by atoms with E-state index in [1.165, 1.54) is 18.2 Å². The van der Waals surface area contributed by atoms with E-state index in [-0.39, 0.29) is 17.8 Å². The first-order valence-corrected chi connectivity index (χ1v) is 5.67. The van der Waals surface area contributed by atoms with Crippen molar-refractivity contribution in [1.82, 2.24) is 0 Å². The summed E-state index contributed by atoms with van der Waals surface area (Å²) in [5.74, 6) is -1.77. The molecule has 92 valence electrons. The summed E-state index contributed by atoms with van der Waals surface area (Å²) in [7, 11) is 0. The zero-order chi connectivity index (χ0) is 13.1. The number of rotatable bonds is 3. The first-order valence-electron chi connectivity index (χ1n) is 5.29. The number of carbonyl (C=O) groups is 1. The predicted molar refractivity (Wildman–Crippen MR) is 65.8 cm³/mol. The normalized spacial score (nSPS) is 10.4. The molecule has 0 N–H and O–H groups in total. The van der Waals surface area contributed by atoms with E-state index in [0.717, 1.165) is 12.1 Å². The van der Waals surface area contributed by atoms with Crippen molar-refractivity contribution in [1.29, 1.82) is 0 Å². The molecule has 2 rings (SSSR count). The highest BCUT2D eigenvalue weighted by Gasteiger charge is 2.14. The Hall–Kier alpha value is -1.74. The van der Waals surface area contributed by atoms with Crippen LogP contribution in [0.5, 0.6) is 0 Å². The van der Waals surface area contributed by atoms with Gasteiger partial charge in [0.25, 0.3) is 0 Å². The topological polar surface area (TPSA) is 17.1 Å². The summed E-state index contributed by atoms with van der Waals surface area (Å²) >= 11 is 5.70. The van der Waals surface area contributed by atoms with E-state index < -0.39 is 11.6 Å². The Labute approximate surface area is 108 Å². The quantitative estimate of drug-likeness (QED) is 0.766. The molecule has 0 heterocycles. The van der Waals surface area contributed by atoms with Gasteiger partial charge >= 0.3 is 0 Å². The minimum Gasteiger partial charge on any atom is -0.294 e. The summed E-state index contributed by atoms with van der Waals surface area (Å²) < 4.78 is 26.8. The Morgan fingerprint density at radius 3 is 2.11 bits per heavy atom. The Morgan fingerprint density at radius 2 is 1.56 bits per heavy atom. The van der Waals surface area contributed by atoms with Crippen LogP contribution >= 0.6 is 11.6 Å². The number of Topliss-reactive ketones (excluding diaryl/α,β-unsaturated/α-hetero) is 1. The fourth-order valence-electron chi connectivity index (χ4n) is 1.60. The number of ketones is 1. The van der Waals surface area contributed by atoms with Gasteiger partial charge in [0.15, 0.2) is 5.78 Å². The molecule has 4 heteroatoms. The predicted octanol–water partition coefficient (Wildman–Crippen LogP) is 4.04. The van der Waals surface area contributed by atoms with E-state index in [9.17, 15) is 13.6 Å². The van der Waals surface area contributed by atoms with Gasteiger partial charge in [-0.1, -0.05) is 17.7 Å². The summed E-state index contributed by atoms with van der Waals surface area (Å²) in [5, 5.41) is 0.503. The number of carbonyl (C=O) groups excluding carboxylic acids is 1. The SMILES string of the molecule is O=C(Cc1c(F)cccc1F)c1ccc(Cl)cc1. The molecule has 0 aromatic heterocycles. The van der Waals surface area contributed by atoms with E-state index >= 15 is 0 Å². The first-order chi connectivity index (χ1) is 8.58. The molecule has 0 aliphatic heterocycles. The van der Waals surface area contributed by atoms with Crippen molar-refractivity contribution in [3.63, 3.8) is 0 Å². The van der Waals surface area contributed by atoms with Gasteiger partial charge in [0, 0.05) is 22.6 Å². The van der Waals surface area contributed by atoms with Crippen molar-refractivity contribution in [3.05, 3.63) is 70.2 Å². The smallest absolute Gasteiger partial charge is 0.167 e. The Kier molecular flexibility index (Phi) is 3.72. The fraction of sp³-hybridized carbons (Fsp3) is 0.0714. The first kappa shape index (κ1) is 12.7. The molecule has 2 aromatic rings. The van der Waals surface area contributed by atoms with Gasteiger partial charge in [-0.25, -0.2) is 8.78 Å². The summed E-state index contributed by atoms with van der Waals surface area (Å²) in [6, 6.07) is 9.72. The highest BCUT2D eigenvalue weighted by Crippen LogP contribution is 2.16. The lowest BCUT2D eigenvalue weighted by Gasteiger charge is -2.04. The Morgan fingerprint density at radius 1 is 1.00 bits per heavy atom. The molecule has 0 saturated carbocycles. The minimum absolute atomic E-state index is 0.211. The molecular formula is C14H9ClF2O. The van der Waals surface area contributed by atoms with Gasteiger partial charge in [0.2, 0.25) is 0 Å². The third kappa shape index (κ3) is 2.74. The molecule has 0 amide bonds. The van der Waals surface area contributed by atoms with Crippen LogP contribution in [0, 0.1) is 11.6 Å². The van der Waals surface area contributed by atoms with E-state index in [4.69, 9.17) is 11.6 Å². The number of halogens is 3. The van der Waals surface area contributed by atoms with Gasteiger partial charge in [-0.3, -0.25) is 4.79 Å². The molecular weight excluding hydrogens is 258 g/mol. The second-order valence-electron chi connectivity index (χ2n) is 3.81. The van der Waals surface area contributed by atoms with Gasteiger partial charge in [-0.2, -0.15) is 0 Å². The zero-order valence-corrected chi connectivity index (χ0v) is 10.0. The standard InChI is InChI=1S/C14H9ClF2O/c15-10-6-4-9(5-7-10)14(18)8-11-12(16)2-1-3-13(11)17/h1-7H,8H2. The van der Waals surface area contributed by atoms with Crippen LogP contribution in [0.1, 0.15) is 15.9 Å². The van der Waals surface area contributed by atoms with Crippen LogP contribution in [0.4, 0.5) is 8.78 Å². The van der Waals surface area contributed by atoms with Crippen LogP contribution < -0.4 is 0 Å². The molecule has 0 aliphatic rings. The van der Waals surface area contributed by atoms with E-state index in [1.54, 1.807) is 12.1 Å². The third-order valence-corrected chi connectivity index (χ3v) is 2.82. The maximum atomic E-state index is 13.4. The van der Waals surface area contributed by atoms with Crippen molar-refractivity contribution in [2.75, 3.05) is 0 Å². The maximum absolute atomic E-state index is 13.4. The van der Waals surface area contributed by atoms with Gasteiger partial charge in [0.1, 0.15) is 11.6 Å². The molecule has 2 aromatic carbocycles. The average molecular weight is 267 g/mol. The molecule has 1 nitrogen and oxygen atoms in total. The van der Waals surface area contributed by atoms with Gasteiger partial charge in [0.05, 0.1) is 0 Å². The van der Waals surface area contributed by atoms with Gasteiger partial charge in [-0.15, -0.1) is 0 Å². The van der Waals surface area contributed by atoms with E-state index in [1.807, 2.05) is 0 Å². The summed E-state index contributed by atoms with van der Waals surface area (Å²) in [6.45, 7) is 0.